The van der Waals surface area contributed by atoms with Crippen LogP contribution in [0.2, 0.25) is 5.02 Å². The minimum atomic E-state index is -0.393. The third-order valence-electron chi connectivity index (χ3n) is 3.57. The van der Waals surface area contributed by atoms with Crippen molar-refractivity contribution in [2.75, 3.05) is 25.0 Å². The molecule has 0 unspecified atom stereocenters. The number of rotatable bonds is 4. The summed E-state index contributed by atoms with van der Waals surface area (Å²) in [4.78, 5) is 13.0. The Morgan fingerprint density at radius 1 is 1.47 bits per heavy atom. The van der Waals surface area contributed by atoms with Crippen LogP contribution < -0.4 is 5.32 Å². The fourth-order valence-electron chi connectivity index (χ4n) is 2.41. The average molecular weight is 284 g/mol. The topological polar surface area (TPSA) is 58.4 Å². The van der Waals surface area contributed by atoms with E-state index in [1.165, 1.54) is 6.07 Å². The van der Waals surface area contributed by atoms with Crippen molar-refractivity contribution < 1.29 is 4.92 Å². The average Bonchev–Trinajstić information content (AvgIpc) is 2.41. The van der Waals surface area contributed by atoms with Gasteiger partial charge in [0.1, 0.15) is 5.69 Å². The van der Waals surface area contributed by atoms with Crippen molar-refractivity contribution in [1.29, 1.82) is 0 Å². The van der Waals surface area contributed by atoms with Gasteiger partial charge in [-0.05, 0) is 25.5 Å². The van der Waals surface area contributed by atoms with Gasteiger partial charge in [-0.3, -0.25) is 10.1 Å². The van der Waals surface area contributed by atoms with Gasteiger partial charge >= 0.3 is 0 Å². The van der Waals surface area contributed by atoms with E-state index in [2.05, 4.69) is 17.1 Å². The molecule has 0 saturated carbocycles. The summed E-state index contributed by atoms with van der Waals surface area (Å²) in [6.45, 7) is 5.24. The maximum Gasteiger partial charge on any atom is 0.293 e. The van der Waals surface area contributed by atoms with Gasteiger partial charge in [-0.25, -0.2) is 0 Å². The van der Waals surface area contributed by atoms with Crippen LogP contribution in [0.5, 0.6) is 0 Å². The maximum atomic E-state index is 11.0. The molecule has 0 amide bonds. The van der Waals surface area contributed by atoms with Crippen molar-refractivity contribution in [1.82, 2.24) is 4.90 Å². The van der Waals surface area contributed by atoms with Crippen LogP contribution in [-0.4, -0.2) is 35.5 Å². The number of para-hydroxylation sites is 1. The smallest absolute Gasteiger partial charge is 0.293 e. The van der Waals surface area contributed by atoms with E-state index in [1.807, 2.05) is 0 Å². The summed E-state index contributed by atoms with van der Waals surface area (Å²) in [6.07, 6.45) is 1.96. The Bertz CT molecular complexity index is 459. The van der Waals surface area contributed by atoms with Crippen molar-refractivity contribution in [3.05, 3.63) is 33.3 Å². The van der Waals surface area contributed by atoms with Crippen LogP contribution in [0.4, 0.5) is 11.4 Å². The fraction of sp³-hybridized carbons (Fsp3) is 0.538. The first kappa shape index (κ1) is 14.1. The Labute approximate surface area is 117 Å². The number of likely N-dealkylation sites (tertiary alicyclic amines) is 1. The van der Waals surface area contributed by atoms with Gasteiger partial charge in [0, 0.05) is 25.2 Å². The minimum Gasteiger partial charge on any atom is -0.375 e. The third kappa shape index (κ3) is 3.36. The summed E-state index contributed by atoms with van der Waals surface area (Å²) in [5.74, 6) is 0. The van der Waals surface area contributed by atoms with Gasteiger partial charge in [0.05, 0.1) is 9.95 Å². The summed E-state index contributed by atoms with van der Waals surface area (Å²) < 4.78 is 0. The SMILES string of the molecule is CCN1CCC(Nc2c(Cl)cccc2[N+](=O)[O-])CC1. The van der Waals surface area contributed by atoms with Crippen LogP contribution in [-0.2, 0) is 0 Å². The Balaban J connectivity index is 2.09. The molecule has 104 valence electrons. The fourth-order valence-corrected chi connectivity index (χ4v) is 2.63. The molecule has 19 heavy (non-hydrogen) atoms. The molecule has 1 aliphatic rings. The number of nitrogens with zero attached hydrogens (tertiary/aromatic N) is 2. The molecule has 0 aromatic heterocycles. The molecule has 6 heteroatoms. The normalized spacial score (nSPS) is 17.4. The molecule has 1 N–H and O–H groups in total. The third-order valence-corrected chi connectivity index (χ3v) is 3.89. The lowest BCUT2D eigenvalue weighted by Crippen LogP contribution is -2.39. The predicted molar refractivity (Wildman–Crippen MR) is 76.9 cm³/mol. The summed E-state index contributed by atoms with van der Waals surface area (Å²) >= 11 is 6.07. The molecular weight excluding hydrogens is 266 g/mol. The van der Waals surface area contributed by atoms with Crippen molar-refractivity contribution >= 4 is 23.0 Å². The molecule has 1 aromatic rings. The van der Waals surface area contributed by atoms with E-state index in [0.29, 0.717) is 10.7 Å². The van der Waals surface area contributed by atoms with Gasteiger partial charge in [0.15, 0.2) is 0 Å². The Hall–Kier alpha value is -1.33. The second kappa shape index (κ2) is 6.21. The summed E-state index contributed by atoms with van der Waals surface area (Å²) in [7, 11) is 0. The molecule has 0 spiro atoms. The van der Waals surface area contributed by atoms with Crippen LogP contribution >= 0.6 is 11.6 Å². The Morgan fingerprint density at radius 2 is 2.16 bits per heavy atom. The summed E-state index contributed by atoms with van der Waals surface area (Å²) in [5.41, 5.74) is 0.495. The van der Waals surface area contributed by atoms with Crippen molar-refractivity contribution in [3.8, 4) is 0 Å². The van der Waals surface area contributed by atoms with Crippen LogP contribution in [0.1, 0.15) is 19.8 Å². The largest absolute Gasteiger partial charge is 0.375 e. The maximum absolute atomic E-state index is 11.0. The molecule has 1 aliphatic heterocycles. The predicted octanol–water partition coefficient (Wildman–Crippen LogP) is 3.14. The number of nitro groups is 1. The van der Waals surface area contributed by atoms with E-state index in [1.54, 1.807) is 12.1 Å². The summed E-state index contributed by atoms with van der Waals surface area (Å²) in [5, 5.41) is 14.7. The summed E-state index contributed by atoms with van der Waals surface area (Å²) in [6, 6.07) is 5.01. The first-order valence-electron chi connectivity index (χ1n) is 6.53. The minimum absolute atomic E-state index is 0.0467. The number of hydrogen-bond donors (Lipinski definition) is 1. The number of nitro benzene ring substituents is 1. The van der Waals surface area contributed by atoms with E-state index in [0.717, 1.165) is 32.5 Å². The van der Waals surface area contributed by atoms with Crippen LogP contribution in [0, 0.1) is 10.1 Å². The van der Waals surface area contributed by atoms with Gasteiger partial charge in [-0.15, -0.1) is 0 Å². The molecular formula is C13H18ClN3O2. The van der Waals surface area contributed by atoms with Gasteiger partial charge in [-0.2, -0.15) is 0 Å². The molecule has 0 aliphatic carbocycles. The first-order chi connectivity index (χ1) is 9.11. The molecule has 1 fully saturated rings. The van der Waals surface area contributed by atoms with Gasteiger partial charge in [0.25, 0.3) is 5.69 Å². The van der Waals surface area contributed by atoms with Crippen LogP contribution in [0.25, 0.3) is 0 Å². The van der Waals surface area contributed by atoms with E-state index >= 15 is 0 Å². The van der Waals surface area contributed by atoms with E-state index in [-0.39, 0.29) is 11.7 Å². The zero-order chi connectivity index (χ0) is 13.8. The Morgan fingerprint density at radius 3 is 2.74 bits per heavy atom. The highest BCUT2D eigenvalue weighted by atomic mass is 35.5. The second-order valence-electron chi connectivity index (χ2n) is 4.74. The van der Waals surface area contributed by atoms with Gasteiger partial charge < -0.3 is 10.2 Å². The lowest BCUT2D eigenvalue weighted by Gasteiger charge is -2.32. The monoisotopic (exact) mass is 283 g/mol. The van der Waals surface area contributed by atoms with Crippen LogP contribution in [0.3, 0.4) is 0 Å². The van der Waals surface area contributed by atoms with Crippen molar-refractivity contribution in [2.24, 2.45) is 0 Å². The number of benzene rings is 1. The van der Waals surface area contributed by atoms with Crippen molar-refractivity contribution in [3.63, 3.8) is 0 Å². The van der Waals surface area contributed by atoms with Gasteiger partial charge in [0.2, 0.25) is 0 Å². The standard InChI is InChI=1S/C13H18ClN3O2/c1-2-16-8-6-10(7-9-16)15-13-11(14)4-3-5-12(13)17(18)19/h3-5,10,15H,2,6-9H2,1H3. The number of piperidine rings is 1. The lowest BCUT2D eigenvalue weighted by atomic mass is 10.0. The molecule has 2 rings (SSSR count). The molecule has 1 saturated heterocycles. The molecule has 0 radical (unpaired) electrons. The van der Waals surface area contributed by atoms with E-state index in [4.69, 9.17) is 11.6 Å². The molecule has 5 nitrogen and oxygen atoms in total. The zero-order valence-corrected chi connectivity index (χ0v) is 11.7. The van der Waals surface area contributed by atoms with E-state index < -0.39 is 4.92 Å². The molecule has 1 heterocycles. The van der Waals surface area contributed by atoms with Gasteiger partial charge in [-0.1, -0.05) is 24.6 Å². The number of hydrogen-bond acceptors (Lipinski definition) is 4. The second-order valence-corrected chi connectivity index (χ2v) is 5.15. The highest BCUT2D eigenvalue weighted by Crippen LogP contribution is 2.33. The highest BCUT2D eigenvalue weighted by Gasteiger charge is 2.23. The molecule has 1 aromatic carbocycles. The Kier molecular flexibility index (Phi) is 4.61. The zero-order valence-electron chi connectivity index (χ0n) is 10.9. The van der Waals surface area contributed by atoms with Crippen LogP contribution in [0.15, 0.2) is 18.2 Å². The number of nitrogens with one attached hydrogen (secondary N) is 1. The molecule has 0 atom stereocenters. The quantitative estimate of drug-likeness (QED) is 0.681. The van der Waals surface area contributed by atoms with E-state index in [9.17, 15) is 10.1 Å². The highest BCUT2D eigenvalue weighted by molar-refractivity contribution is 6.33. The first-order valence-corrected chi connectivity index (χ1v) is 6.91. The lowest BCUT2D eigenvalue weighted by molar-refractivity contribution is -0.384. The number of halogens is 1. The van der Waals surface area contributed by atoms with Crippen molar-refractivity contribution in [2.45, 2.75) is 25.8 Å². The molecule has 0 bridgehead atoms. The number of anilines is 1.